The molecule has 0 saturated carbocycles. The molecule has 0 aliphatic carbocycles. The van der Waals surface area contributed by atoms with E-state index in [4.69, 9.17) is 4.42 Å². The van der Waals surface area contributed by atoms with Gasteiger partial charge in [0.25, 0.3) is 6.01 Å². The van der Waals surface area contributed by atoms with Gasteiger partial charge in [-0.15, -0.1) is 0 Å². The summed E-state index contributed by atoms with van der Waals surface area (Å²) in [5.74, 6) is 3.31. The lowest BCUT2D eigenvalue weighted by atomic mass is 10.1. The molecule has 1 fully saturated rings. The highest BCUT2D eigenvalue weighted by atomic mass is 32.2. The average molecular weight is 234 g/mol. The molecular formula is C12H14N2OS. The van der Waals surface area contributed by atoms with Crippen molar-refractivity contribution in [2.45, 2.75) is 6.42 Å². The third kappa shape index (κ3) is 2.02. The standard InChI is InChI=1S/C12H14N2OS/c1-2-4-11-10(3-1)14-12(15-11)13-7-9-5-6-16-8-9/h1-4,9H,5-8H2,(H,13,14). The molecule has 1 N–H and O–H groups in total. The Morgan fingerprint density at radius 3 is 3.19 bits per heavy atom. The number of nitrogens with zero attached hydrogens (tertiary/aromatic N) is 1. The van der Waals surface area contributed by atoms with Crippen molar-refractivity contribution in [3.8, 4) is 0 Å². The number of fused-ring (bicyclic) bond motifs is 1. The molecule has 3 rings (SSSR count). The van der Waals surface area contributed by atoms with Crippen LogP contribution in [0.1, 0.15) is 6.42 Å². The fourth-order valence-electron chi connectivity index (χ4n) is 1.92. The molecule has 2 aromatic rings. The molecule has 84 valence electrons. The third-order valence-electron chi connectivity index (χ3n) is 2.86. The number of anilines is 1. The van der Waals surface area contributed by atoms with Crippen LogP contribution in [0.4, 0.5) is 6.01 Å². The summed E-state index contributed by atoms with van der Waals surface area (Å²) in [5, 5.41) is 3.28. The van der Waals surface area contributed by atoms with Crippen molar-refractivity contribution in [3.05, 3.63) is 24.3 Å². The number of hydrogen-bond acceptors (Lipinski definition) is 4. The first-order valence-corrected chi connectivity index (χ1v) is 6.74. The van der Waals surface area contributed by atoms with Gasteiger partial charge < -0.3 is 9.73 Å². The molecule has 0 bridgehead atoms. The van der Waals surface area contributed by atoms with Crippen molar-refractivity contribution in [2.24, 2.45) is 5.92 Å². The van der Waals surface area contributed by atoms with Gasteiger partial charge in [0.1, 0.15) is 5.52 Å². The van der Waals surface area contributed by atoms with Gasteiger partial charge in [-0.2, -0.15) is 16.7 Å². The van der Waals surface area contributed by atoms with E-state index in [0.717, 1.165) is 23.6 Å². The number of aromatic nitrogens is 1. The van der Waals surface area contributed by atoms with E-state index in [2.05, 4.69) is 10.3 Å². The van der Waals surface area contributed by atoms with Gasteiger partial charge >= 0.3 is 0 Å². The first kappa shape index (κ1) is 10.0. The molecule has 0 amide bonds. The summed E-state index contributed by atoms with van der Waals surface area (Å²) >= 11 is 2.03. The highest BCUT2D eigenvalue weighted by molar-refractivity contribution is 7.99. The summed E-state index contributed by atoms with van der Waals surface area (Å²) in [5.41, 5.74) is 1.77. The van der Waals surface area contributed by atoms with Gasteiger partial charge in [0.15, 0.2) is 5.58 Å². The van der Waals surface area contributed by atoms with E-state index >= 15 is 0 Å². The Kier molecular flexibility index (Phi) is 2.74. The van der Waals surface area contributed by atoms with Crippen LogP contribution in [0.3, 0.4) is 0 Å². The normalized spacial score (nSPS) is 20.4. The smallest absolute Gasteiger partial charge is 0.295 e. The van der Waals surface area contributed by atoms with Crippen LogP contribution in [0.2, 0.25) is 0 Å². The van der Waals surface area contributed by atoms with Crippen LogP contribution >= 0.6 is 11.8 Å². The summed E-state index contributed by atoms with van der Waals surface area (Å²) in [6.45, 7) is 0.972. The van der Waals surface area contributed by atoms with E-state index in [-0.39, 0.29) is 0 Å². The van der Waals surface area contributed by atoms with E-state index < -0.39 is 0 Å². The minimum atomic E-state index is 0.651. The molecule has 3 nitrogen and oxygen atoms in total. The highest BCUT2D eigenvalue weighted by Crippen LogP contribution is 2.24. The van der Waals surface area contributed by atoms with Crippen LogP contribution in [-0.2, 0) is 0 Å². The maximum Gasteiger partial charge on any atom is 0.295 e. The summed E-state index contributed by atoms with van der Waals surface area (Å²) in [7, 11) is 0. The fraction of sp³-hybridized carbons (Fsp3) is 0.417. The van der Waals surface area contributed by atoms with Crippen LogP contribution < -0.4 is 5.32 Å². The lowest BCUT2D eigenvalue weighted by molar-refractivity contribution is 0.581. The molecule has 1 atom stereocenters. The van der Waals surface area contributed by atoms with Gasteiger partial charge in [0, 0.05) is 6.54 Å². The van der Waals surface area contributed by atoms with Crippen LogP contribution in [0.25, 0.3) is 11.1 Å². The van der Waals surface area contributed by atoms with Crippen LogP contribution in [0, 0.1) is 5.92 Å². The fourth-order valence-corrected chi connectivity index (χ4v) is 3.21. The van der Waals surface area contributed by atoms with Gasteiger partial charge in [0.2, 0.25) is 0 Å². The quantitative estimate of drug-likeness (QED) is 0.886. The Morgan fingerprint density at radius 1 is 1.44 bits per heavy atom. The zero-order valence-electron chi connectivity index (χ0n) is 8.98. The molecular weight excluding hydrogens is 220 g/mol. The maximum atomic E-state index is 5.60. The van der Waals surface area contributed by atoms with E-state index in [1.54, 1.807) is 0 Å². The molecule has 16 heavy (non-hydrogen) atoms. The summed E-state index contributed by atoms with van der Waals surface area (Å²) < 4.78 is 5.60. The third-order valence-corrected chi connectivity index (χ3v) is 4.09. The molecule has 0 radical (unpaired) electrons. The van der Waals surface area contributed by atoms with Crippen molar-refractivity contribution in [2.75, 3.05) is 23.4 Å². The van der Waals surface area contributed by atoms with Crippen molar-refractivity contribution >= 4 is 28.9 Å². The molecule has 1 aliphatic rings. The zero-order valence-corrected chi connectivity index (χ0v) is 9.80. The second-order valence-corrected chi connectivity index (χ2v) is 5.25. The first-order chi connectivity index (χ1) is 7.92. The number of hydrogen-bond donors (Lipinski definition) is 1. The number of para-hydroxylation sites is 2. The minimum absolute atomic E-state index is 0.651. The molecule has 4 heteroatoms. The number of rotatable bonds is 3. The van der Waals surface area contributed by atoms with Gasteiger partial charge in [-0.1, -0.05) is 12.1 Å². The van der Waals surface area contributed by atoms with E-state index in [0.29, 0.717) is 6.01 Å². The number of nitrogens with one attached hydrogen (secondary N) is 1. The van der Waals surface area contributed by atoms with Crippen molar-refractivity contribution in [1.82, 2.24) is 4.98 Å². The van der Waals surface area contributed by atoms with Crippen molar-refractivity contribution in [3.63, 3.8) is 0 Å². The highest BCUT2D eigenvalue weighted by Gasteiger charge is 2.15. The Morgan fingerprint density at radius 2 is 2.38 bits per heavy atom. The van der Waals surface area contributed by atoms with Gasteiger partial charge in [0.05, 0.1) is 0 Å². The predicted octanol–water partition coefficient (Wildman–Crippen LogP) is 2.99. The average Bonchev–Trinajstić information content (AvgIpc) is 2.95. The van der Waals surface area contributed by atoms with Crippen LogP contribution in [-0.4, -0.2) is 23.0 Å². The Balaban J connectivity index is 1.69. The molecule has 2 heterocycles. The van der Waals surface area contributed by atoms with Gasteiger partial charge in [-0.3, -0.25) is 0 Å². The molecule has 1 aromatic heterocycles. The number of benzene rings is 1. The van der Waals surface area contributed by atoms with E-state index in [1.807, 2.05) is 36.0 Å². The Bertz CT molecular complexity index is 444. The largest absolute Gasteiger partial charge is 0.424 e. The molecule has 1 aliphatic heterocycles. The Hall–Kier alpha value is -1.16. The molecule has 0 spiro atoms. The zero-order chi connectivity index (χ0) is 10.8. The topological polar surface area (TPSA) is 38.1 Å². The first-order valence-electron chi connectivity index (χ1n) is 5.59. The lowest BCUT2D eigenvalue weighted by Gasteiger charge is -2.07. The van der Waals surface area contributed by atoms with Crippen molar-refractivity contribution < 1.29 is 4.42 Å². The van der Waals surface area contributed by atoms with E-state index in [1.165, 1.54) is 17.9 Å². The maximum absolute atomic E-state index is 5.60. The molecule has 1 unspecified atom stereocenters. The minimum Gasteiger partial charge on any atom is -0.424 e. The summed E-state index contributed by atoms with van der Waals surface area (Å²) in [4.78, 5) is 4.39. The second-order valence-electron chi connectivity index (χ2n) is 4.10. The predicted molar refractivity (Wildman–Crippen MR) is 67.9 cm³/mol. The van der Waals surface area contributed by atoms with Crippen LogP contribution in [0.5, 0.6) is 0 Å². The van der Waals surface area contributed by atoms with Gasteiger partial charge in [-0.25, -0.2) is 0 Å². The Labute approximate surface area is 98.6 Å². The number of thioether (sulfide) groups is 1. The van der Waals surface area contributed by atoms with Crippen molar-refractivity contribution in [1.29, 1.82) is 0 Å². The molecule has 1 saturated heterocycles. The molecule has 1 aromatic carbocycles. The number of oxazole rings is 1. The van der Waals surface area contributed by atoms with E-state index in [9.17, 15) is 0 Å². The monoisotopic (exact) mass is 234 g/mol. The van der Waals surface area contributed by atoms with Gasteiger partial charge in [-0.05, 0) is 36.0 Å². The summed E-state index contributed by atoms with van der Waals surface area (Å²) in [6.07, 6.45) is 1.30. The lowest BCUT2D eigenvalue weighted by Crippen LogP contribution is -2.13. The van der Waals surface area contributed by atoms with Crippen LogP contribution in [0.15, 0.2) is 28.7 Å². The SMILES string of the molecule is c1ccc2oc(NCC3CCSC3)nc2c1. The second kappa shape index (κ2) is 4.37. The summed E-state index contributed by atoms with van der Waals surface area (Å²) in [6, 6.07) is 8.50.